The van der Waals surface area contributed by atoms with Crippen molar-refractivity contribution < 1.29 is 36.6 Å². The van der Waals surface area contributed by atoms with E-state index in [1.165, 1.54) is 148 Å². The molecule has 0 saturated carbocycles. The molecule has 19 heteroatoms. The lowest BCUT2D eigenvalue weighted by molar-refractivity contribution is 0.297. The monoisotopic (exact) mass is 1770 g/mol. The molecule has 15 aromatic rings. The second kappa shape index (κ2) is 47.8. The molecule has 0 aliphatic rings. The highest BCUT2D eigenvalue weighted by atomic mass is 16.5. The van der Waals surface area contributed by atoms with Crippen LogP contribution >= 0.6 is 0 Å². The molecule has 3 atom stereocenters. The summed E-state index contributed by atoms with van der Waals surface area (Å²) in [7, 11) is 0. The number of ether oxygens (including phenoxy) is 4. The van der Waals surface area contributed by atoms with Gasteiger partial charge in [0.05, 0.1) is 48.7 Å². The van der Waals surface area contributed by atoms with E-state index >= 15 is 0 Å². The molecule has 131 heavy (non-hydrogen) atoms. The lowest BCUT2D eigenvalue weighted by atomic mass is 9.99. The van der Waals surface area contributed by atoms with Crippen molar-refractivity contribution in [3.05, 3.63) is 146 Å². The van der Waals surface area contributed by atoms with Crippen LogP contribution in [0.15, 0.2) is 163 Å². The van der Waals surface area contributed by atoms with Gasteiger partial charge in [0.1, 0.15) is 23.0 Å². The second-order valence-corrected chi connectivity index (χ2v) is 36.8. The molecule has 0 saturated heterocycles. The molecule has 0 aliphatic heterocycles. The predicted octanol–water partition coefficient (Wildman–Crippen LogP) is 32.5. The molecule has 0 spiro atoms. The van der Waals surface area contributed by atoms with Gasteiger partial charge >= 0.3 is 0 Å². The van der Waals surface area contributed by atoms with Gasteiger partial charge in [0.2, 0.25) is 23.6 Å². The van der Waals surface area contributed by atoms with Crippen LogP contribution in [0, 0.1) is 17.8 Å². The van der Waals surface area contributed by atoms with Crippen LogP contribution in [-0.4, -0.2) is 80.9 Å². The Hall–Kier alpha value is -11.1. The number of benzene rings is 8. The first-order valence-corrected chi connectivity index (χ1v) is 50.9. The summed E-state index contributed by atoms with van der Waals surface area (Å²) >= 11 is 0. The van der Waals surface area contributed by atoms with Crippen LogP contribution in [-0.2, 0) is 19.6 Å². The lowest BCUT2D eigenvalue weighted by Crippen LogP contribution is -2.10. The molecular formula is C112H143N11O8. The van der Waals surface area contributed by atoms with Gasteiger partial charge in [0.25, 0.3) is 23.6 Å². The highest BCUT2D eigenvalue weighted by Gasteiger charge is 2.30. The van der Waals surface area contributed by atoms with E-state index in [-0.39, 0.29) is 0 Å². The van der Waals surface area contributed by atoms with Crippen molar-refractivity contribution in [2.45, 2.75) is 320 Å². The number of fused-ring (bicyclic) bond motifs is 9. The van der Waals surface area contributed by atoms with Crippen molar-refractivity contribution in [2.75, 3.05) is 26.4 Å². The quantitative estimate of drug-likeness (QED) is 0.0325. The van der Waals surface area contributed by atoms with Gasteiger partial charge in [0, 0.05) is 107 Å². The zero-order chi connectivity index (χ0) is 90.6. The zero-order valence-corrected chi connectivity index (χ0v) is 80.2. The molecule has 15 rings (SSSR count). The lowest BCUT2D eigenvalue weighted by Gasteiger charge is -2.17. The number of unbranched alkanes of at least 4 members (excludes halogenated alkanes) is 23. The summed E-state index contributed by atoms with van der Waals surface area (Å²) in [6, 6.07) is 51.6. The third kappa shape index (κ3) is 23.2. The molecule has 694 valence electrons. The number of hydrogen-bond acceptors (Lipinski definition) is 16. The average Bonchev–Trinajstić information content (AvgIpc) is 1.60. The minimum atomic E-state index is 0.301. The van der Waals surface area contributed by atoms with E-state index in [2.05, 4.69) is 204 Å². The number of nitrogens with zero attached hydrogens (tertiary/aromatic N) is 11. The standard InChI is InChI=1S/C112H143N11O8/c1-11-21-28-32-36-44-63-124-101-73-93(103(126-65-46-38-34-30-23-13-3)71-91(101)109-117-113-105(128-109)81-55-59-97-87(67-81)85-51-40-42-53-95(85)121(97)75-78(18-8)48-25-15-5)111-119-115-107(130-111)83-57-61-99-89(69-83)90-70-84(58-62-100(90)123(99)77-80(20-10)50-27-17-7)108-116-120-112(131-108)94-74-102(125-64-45-37-33-29-22-12-2)92(72-104(94)127-66-47-39-35-31-24-14-4)110-118-114-106(129-110)82-56-60-98-88(68-82)86-52-41-43-54-96(86)122(98)76-79(19-9)49-26-16-6/h40-43,51-62,67-74,78-80H,11-39,44-50,63-66,75-77H2,1-10H3. The summed E-state index contributed by atoms with van der Waals surface area (Å²) in [5.41, 5.74) is 12.8. The summed E-state index contributed by atoms with van der Waals surface area (Å²) in [6.45, 7) is 27.6. The molecule has 7 heterocycles. The Balaban J connectivity index is 0.781. The number of aromatic nitrogens is 11. The Bertz CT molecular complexity index is 5760. The van der Waals surface area contributed by atoms with Crippen molar-refractivity contribution in [2.24, 2.45) is 17.8 Å². The number of rotatable bonds is 58. The summed E-state index contributed by atoms with van der Waals surface area (Å²) in [5, 5.41) is 45.5. The molecule has 3 unspecified atom stereocenters. The summed E-state index contributed by atoms with van der Waals surface area (Å²) in [4.78, 5) is 0. The topological polar surface area (TPSA) is 207 Å². The molecule has 7 aromatic heterocycles. The molecule has 0 bridgehead atoms. The minimum absolute atomic E-state index is 0.301. The maximum absolute atomic E-state index is 6.98. The van der Waals surface area contributed by atoms with Gasteiger partial charge in [-0.25, -0.2) is 0 Å². The Morgan fingerprint density at radius 2 is 0.450 bits per heavy atom. The maximum atomic E-state index is 6.98. The molecular weight excluding hydrogens is 1630 g/mol. The van der Waals surface area contributed by atoms with Gasteiger partial charge in [-0.3, -0.25) is 0 Å². The van der Waals surface area contributed by atoms with E-state index in [0.29, 0.717) is 137 Å². The van der Waals surface area contributed by atoms with E-state index in [1.54, 1.807) is 0 Å². The van der Waals surface area contributed by atoms with Crippen LogP contribution < -0.4 is 18.9 Å². The molecule has 19 nitrogen and oxygen atoms in total. The molecule has 0 aliphatic carbocycles. The highest BCUT2D eigenvalue weighted by molar-refractivity contribution is 6.12. The van der Waals surface area contributed by atoms with E-state index < -0.39 is 0 Å². The van der Waals surface area contributed by atoms with Gasteiger partial charge in [-0.15, -0.1) is 40.8 Å². The van der Waals surface area contributed by atoms with E-state index in [1.807, 2.05) is 24.3 Å². The fourth-order valence-electron chi connectivity index (χ4n) is 19.2. The Kier molecular flexibility index (Phi) is 34.5. The normalized spacial score (nSPS) is 12.7. The Morgan fingerprint density at radius 1 is 0.229 bits per heavy atom. The Labute approximate surface area is 776 Å². The van der Waals surface area contributed by atoms with Crippen molar-refractivity contribution in [3.63, 3.8) is 0 Å². The second-order valence-electron chi connectivity index (χ2n) is 36.8. The third-order valence-corrected chi connectivity index (χ3v) is 27.2. The first kappa shape index (κ1) is 94.6. The SMILES string of the molecule is CCCCCCCCOc1cc(-c2nnc(-c3ccc4c(c3)c3cc(-c5nnc(-c6cc(OCCCCCCCC)c(-c7nnc(-c8ccc9c(c8)c8ccccc8n9CC(CC)CCCC)o7)cc6OCCCCCCCC)o5)ccc3n4CC(CC)CCCC)o2)c(OCCCCCCCC)cc1-c1nnc(-c2ccc3c(c2)c2ccccc2n3CC(CC)CCCC)o1. The van der Waals surface area contributed by atoms with Crippen LogP contribution in [0.3, 0.4) is 0 Å². The highest BCUT2D eigenvalue weighted by Crippen LogP contribution is 2.47. The molecule has 0 N–H and O–H groups in total. The van der Waals surface area contributed by atoms with Gasteiger partial charge in [-0.2, -0.15) is 0 Å². The summed E-state index contributed by atoms with van der Waals surface area (Å²) in [5.74, 6) is 6.73. The van der Waals surface area contributed by atoms with E-state index in [4.69, 9.17) is 77.4 Å². The fourth-order valence-corrected chi connectivity index (χ4v) is 19.2. The van der Waals surface area contributed by atoms with Crippen LogP contribution in [0.4, 0.5) is 0 Å². The van der Waals surface area contributed by atoms with Crippen molar-refractivity contribution in [3.8, 4) is 115 Å². The van der Waals surface area contributed by atoms with Crippen molar-refractivity contribution >= 4 is 65.4 Å². The summed E-state index contributed by atoms with van der Waals surface area (Å²) in [6.07, 6.45) is 40.7. The number of para-hydroxylation sites is 2. The van der Waals surface area contributed by atoms with Crippen LogP contribution in [0.2, 0.25) is 0 Å². The van der Waals surface area contributed by atoms with Gasteiger partial charge in [-0.1, -0.05) is 292 Å². The number of hydrogen-bond donors (Lipinski definition) is 0. The first-order chi connectivity index (χ1) is 64.6. The molecule has 0 radical (unpaired) electrons. The van der Waals surface area contributed by atoms with E-state index in [9.17, 15) is 0 Å². The van der Waals surface area contributed by atoms with Gasteiger partial charge in [-0.05, 0) is 172 Å². The van der Waals surface area contributed by atoms with Crippen LogP contribution in [0.25, 0.3) is 157 Å². The fraction of sp³-hybridized carbons (Fsp3) is 0.500. The third-order valence-electron chi connectivity index (χ3n) is 27.2. The van der Waals surface area contributed by atoms with E-state index in [0.717, 1.165) is 190 Å². The van der Waals surface area contributed by atoms with Crippen LogP contribution in [0.1, 0.15) is 300 Å². The molecule has 8 aromatic carbocycles. The maximum Gasteiger partial charge on any atom is 0.252 e. The van der Waals surface area contributed by atoms with Crippen molar-refractivity contribution in [1.82, 2.24) is 54.5 Å². The molecule has 0 fully saturated rings. The van der Waals surface area contributed by atoms with Gasteiger partial charge in [0.15, 0.2) is 0 Å². The van der Waals surface area contributed by atoms with Crippen molar-refractivity contribution in [1.29, 1.82) is 0 Å². The Morgan fingerprint density at radius 3 is 0.702 bits per heavy atom. The molecule has 0 amide bonds. The average molecular weight is 1770 g/mol. The summed E-state index contributed by atoms with van der Waals surface area (Å²) < 4.78 is 62.8. The predicted molar refractivity (Wildman–Crippen MR) is 536 cm³/mol. The largest absolute Gasteiger partial charge is 0.493 e. The minimum Gasteiger partial charge on any atom is -0.493 e. The van der Waals surface area contributed by atoms with Gasteiger partial charge < -0.3 is 50.3 Å². The zero-order valence-electron chi connectivity index (χ0n) is 80.2. The van der Waals surface area contributed by atoms with Crippen LogP contribution in [0.5, 0.6) is 23.0 Å². The first-order valence-electron chi connectivity index (χ1n) is 50.9. The smallest absolute Gasteiger partial charge is 0.252 e.